The van der Waals surface area contributed by atoms with Gasteiger partial charge in [-0.15, -0.1) is 0 Å². The molecular weight excluding hydrogens is 353 g/mol. The fourth-order valence-electron chi connectivity index (χ4n) is 5.47. The van der Waals surface area contributed by atoms with Crippen LogP contribution in [0.25, 0.3) is 0 Å². The monoisotopic (exact) mass is 387 g/mol. The summed E-state index contributed by atoms with van der Waals surface area (Å²) in [4.78, 5) is 3.78. The van der Waals surface area contributed by atoms with E-state index in [2.05, 4.69) is 29.3 Å². The minimum absolute atomic E-state index is 0.270. The summed E-state index contributed by atoms with van der Waals surface area (Å²) in [6.45, 7) is 2.30. The van der Waals surface area contributed by atoms with Crippen LogP contribution in [-0.4, -0.2) is 5.16 Å². The van der Waals surface area contributed by atoms with Gasteiger partial charge < -0.3 is 0 Å². The molecule has 0 saturated heterocycles. The SMILES string of the molecule is CCCCCC1CCC(C2CCC(c3ccc(N=C=S)c(F)c3)CC2)CC1. The third-order valence-corrected chi connectivity index (χ3v) is 7.25. The van der Waals surface area contributed by atoms with Gasteiger partial charge in [-0.05, 0) is 92.1 Å². The van der Waals surface area contributed by atoms with Gasteiger partial charge in [-0.1, -0.05) is 51.5 Å². The molecule has 1 aromatic rings. The summed E-state index contributed by atoms with van der Waals surface area (Å²) in [5.74, 6) is 3.09. The highest BCUT2D eigenvalue weighted by molar-refractivity contribution is 7.78. The fraction of sp³-hybridized carbons (Fsp3) is 0.708. The lowest BCUT2D eigenvalue weighted by molar-refractivity contribution is 0.155. The second kappa shape index (κ2) is 10.5. The molecule has 0 spiro atoms. The van der Waals surface area contributed by atoms with Crippen LogP contribution in [0.1, 0.15) is 95.5 Å². The summed E-state index contributed by atoms with van der Waals surface area (Å²) in [5, 5.41) is 2.25. The molecule has 0 bridgehead atoms. The Labute approximate surface area is 169 Å². The number of hydrogen-bond donors (Lipinski definition) is 0. The number of benzene rings is 1. The van der Waals surface area contributed by atoms with Crippen LogP contribution < -0.4 is 0 Å². The molecule has 2 aliphatic rings. The van der Waals surface area contributed by atoms with Gasteiger partial charge in [0.1, 0.15) is 11.5 Å². The Balaban J connectivity index is 1.45. The largest absolute Gasteiger partial charge is 0.205 e. The number of unbranched alkanes of at least 4 members (excludes halogenated alkanes) is 2. The van der Waals surface area contributed by atoms with E-state index in [1.165, 1.54) is 77.0 Å². The van der Waals surface area contributed by atoms with Gasteiger partial charge in [-0.2, -0.15) is 4.99 Å². The summed E-state index contributed by atoms with van der Waals surface area (Å²) in [5.41, 5.74) is 1.44. The molecule has 3 rings (SSSR count). The summed E-state index contributed by atoms with van der Waals surface area (Å²) >= 11 is 4.58. The average molecular weight is 388 g/mol. The maximum atomic E-state index is 14.1. The molecule has 0 unspecified atom stereocenters. The number of isothiocyanates is 1. The first-order valence-corrected chi connectivity index (χ1v) is 11.5. The summed E-state index contributed by atoms with van der Waals surface area (Å²) < 4.78 is 14.1. The van der Waals surface area contributed by atoms with Gasteiger partial charge in [0, 0.05) is 0 Å². The molecule has 3 heteroatoms. The first-order valence-electron chi connectivity index (χ1n) is 11.1. The molecule has 0 aliphatic heterocycles. The van der Waals surface area contributed by atoms with Crippen molar-refractivity contribution in [1.29, 1.82) is 0 Å². The van der Waals surface area contributed by atoms with E-state index in [9.17, 15) is 4.39 Å². The Hall–Kier alpha value is -1.05. The van der Waals surface area contributed by atoms with Crippen molar-refractivity contribution in [3.8, 4) is 0 Å². The molecule has 27 heavy (non-hydrogen) atoms. The second-order valence-corrected chi connectivity index (χ2v) is 8.98. The van der Waals surface area contributed by atoms with Gasteiger partial charge in [0.25, 0.3) is 0 Å². The Bertz CT molecular complexity index is 636. The van der Waals surface area contributed by atoms with Crippen LogP contribution in [0.5, 0.6) is 0 Å². The van der Waals surface area contributed by atoms with E-state index in [0.29, 0.717) is 11.6 Å². The summed E-state index contributed by atoms with van der Waals surface area (Å²) in [6.07, 6.45) is 16.5. The van der Waals surface area contributed by atoms with Crippen LogP contribution in [-0.2, 0) is 0 Å². The Kier molecular flexibility index (Phi) is 8.03. The van der Waals surface area contributed by atoms with Gasteiger partial charge in [0.15, 0.2) is 0 Å². The van der Waals surface area contributed by atoms with Gasteiger partial charge >= 0.3 is 0 Å². The van der Waals surface area contributed by atoms with E-state index in [4.69, 9.17) is 0 Å². The lowest BCUT2D eigenvalue weighted by atomic mass is 9.68. The van der Waals surface area contributed by atoms with Crippen LogP contribution in [0.15, 0.2) is 23.2 Å². The molecule has 0 atom stereocenters. The van der Waals surface area contributed by atoms with Crippen molar-refractivity contribution in [2.75, 3.05) is 0 Å². The van der Waals surface area contributed by atoms with Crippen LogP contribution in [0.3, 0.4) is 0 Å². The van der Waals surface area contributed by atoms with Gasteiger partial charge in [0.2, 0.25) is 0 Å². The van der Waals surface area contributed by atoms with Crippen molar-refractivity contribution in [2.24, 2.45) is 22.7 Å². The molecule has 1 aromatic carbocycles. The van der Waals surface area contributed by atoms with E-state index in [0.717, 1.165) is 23.3 Å². The molecule has 1 nitrogen and oxygen atoms in total. The third kappa shape index (κ3) is 5.72. The quantitative estimate of drug-likeness (QED) is 0.261. The minimum Gasteiger partial charge on any atom is -0.205 e. The minimum atomic E-state index is -0.270. The maximum Gasteiger partial charge on any atom is 0.149 e. The van der Waals surface area contributed by atoms with Crippen molar-refractivity contribution in [2.45, 2.75) is 89.9 Å². The Morgan fingerprint density at radius 1 is 1.00 bits per heavy atom. The fourth-order valence-corrected chi connectivity index (χ4v) is 5.57. The standard InChI is InChI=1S/C24H34FNS/c1-2-3-4-5-18-6-8-19(9-7-18)20-10-12-21(13-11-20)22-14-15-24(26-17-27)23(25)16-22/h14-16,18-21H,2-13H2,1H3. The maximum absolute atomic E-state index is 14.1. The number of hydrogen-bond acceptors (Lipinski definition) is 2. The van der Waals surface area contributed by atoms with Crippen molar-refractivity contribution in [1.82, 2.24) is 0 Å². The van der Waals surface area contributed by atoms with Crippen molar-refractivity contribution in [3.63, 3.8) is 0 Å². The smallest absolute Gasteiger partial charge is 0.149 e. The normalized spacial score (nSPS) is 28.5. The number of halogens is 1. The van der Waals surface area contributed by atoms with Crippen molar-refractivity contribution >= 4 is 23.1 Å². The van der Waals surface area contributed by atoms with Crippen molar-refractivity contribution < 1.29 is 4.39 Å². The predicted molar refractivity (Wildman–Crippen MR) is 115 cm³/mol. The first-order chi connectivity index (χ1) is 13.2. The lowest BCUT2D eigenvalue weighted by Gasteiger charge is -2.38. The zero-order valence-electron chi connectivity index (χ0n) is 16.8. The number of aliphatic imine (C=N–C) groups is 1. The summed E-state index contributed by atoms with van der Waals surface area (Å²) in [6, 6.07) is 5.44. The average Bonchev–Trinajstić information content (AvgIpc) is 2.71. The zero-order chi connectivity index (χ0) is 19.1. The zero-order valence-corrected chi connectivity index (χ0v) is 17.6. The van der Waals surface area contributed by atoms with Crippen LogP contribution in [0.2, 0.25) is 0 Å². The molecule has 0 N–H and O–H groups in total. The van der Waals surface area contributed by atoms with E-state index < -0.39 is 0 Å². The van der Waals surface area contributed by atoms with Crippen molar-refractivity contribution in [3.05, 3.63) is 29.6 Å². The molecule has 0 aromatic heterocycles. The van der Waals surface area contributed by atoms with Gasteiger partial charge in [-0.25, -0.2) is 4.39 Å². The molecule has 0 heterocycles. The number of thiocarbonyl (C=S) groups is 1. The molecule has 0 radical (unpaired) electrons. The molecule has 148 valence electrons. The number of nitrogens with zero attached hydrogens (tertiary/aromatic N) is 1. The topological polar surface area (TPSA) is 12.4 Å². The highest BCUT2D eigenvalue weighted by atomic mass is 32.1. The Morgan fingerprint density at radius 2 is 1.67 bits per heavy atom. The van der Waals surface area contributed by atoms with Crippen LogP contribution >= 0.6 is 12.2 Å². The first kappa shape index (κ1) is 20.7. The predicted octanol–water partition coefficient (Wildman–Crippen LogP) is 8.22. The lowest BCUT2D eigenvalue weighted by Crippen LogP contribution is -2.25. The summed E-state index contributed by atoms with van der Waals surface area (Å²) in [7, 11) is 0. The molecule has 2 aliphatic carbocycles. The highest BCUT2D eigenvalue weighted by Gasteiger charge is 2.31. The van der Waals surface area contributed by atoms with E-state index >= 15 is 0 Å². The van der Waals surface area contributed by atoms with E-state index in [1.807, 2.05) is 6.07 Å². The van der Waals surface area contributed by atoms with E-state index in [-0.39, 0.29) is 5.82 Å². The number of rotatable bonds is 7. The molecular formula is C24H34FNS. The van der Waals surface area contributed by atoms with Crippen LogP contribution in [0, 0.1) is 23.6 Å². The molecule has 2 fully saturated rings. The second-order valence-electron chi connectivity index (χ2n) is 8.80. The molecule has 2 saturated carbocycles. The van der Waals surface area contributed by atoms with Gasteiger partial charge in [-0.3, -0.25) is 0 Å². The van der Waals surface area contributed by atoms with E-state index in [1.54, 1.807) is 12.1 Å². The Morgan fingerprint density at radius 3 is 2.26 bits per heavy atom. The highest BCUT2D eigenvalue weighted by Crippen LogP contribution is 2.44. The van der Waals surface area contributed by atoms with Crippen LogP contribution in [0.4, 0.5) is 10.1 Å². The third-order valence-electron chi connectivity index (χ3n) is 7.16. The molecule has 0 amide bonds. The van der Waals surface area contributed by atoms with Gasteiger partial charge in [0.05, 0.1) is 5.16 Å².